The Kier molecular flexibility index (Phi) is 5.63. The van der Waals surface area contributed by atoms with E-state index in [-0.39, 0.29) is 5.91 Å². The van der Waals surface area contributed by atoms with Gasteiger partial charge in [0.25, 0.3) is 5.91 Å². The van der Waals surface area contributed by atoms with Gasteiger partial charge in [0.05, 0.1) is 37.4 Å². The maximum absolute atomic E-state index is 13.3. The number of hydrogen-bond donors (Lipinski definition) is 1. The third kappa shape index (κ3) is 4.20. The van der Waals surface area contributed by atoms with Gasteiger partial charge >= 0.3 is 0 Å². The molecule has 1 amide bonds. The van der Waals surface area contributed by atoms with Gasteiger partial charge in [-0.15, -0.1) is 0 Å². The number of carbonyl (C=O) groups is 1. The summed E-state index contributed by atoms with van der Waals surface area (Å²) in [6.45, 7) is 9.81. The van der Waals surface area contributed by atoms with E-state index in [0.29, 0.717) is 6.54 Å². The van der Waals surface area contributed by atoms with Gasteiger partial charge in [-0.25, -0.2) is 4.98 Å². The van der Waals surface area contributed by atoms with Crippen LogP contribution in [-0.2, 0) is 0 Å². The number of amides is 1. The van der Waals surface area contributed by atoms with Gasteiger partial charge in [-0.05, 0) is 68.1 Å². The summed E-state index contributed by atoms with van der Waals surface area (Å²) in [4.78, 5) is 21.3. The van der Waals surface area contributed by atoms with Crippen molar-refractivity contribution >= 4 is 32.6 Å². The van der Waals surface area contributed by atoms with E-state index in [1.54, 1.807) is 11.3 Å². The fourth-order valence-corrected chi connectivity index (χ4v) is 4.17. The van der Waals surface area contributed by atoms with Gasteiger partial charge in [0, 0.05) is 5.56 Å². The molecule has 0 saturated heterocycles. The van der Waals surface area contributed by atoms with Crippen molar-refractivity contribution in [3.8, 4) is 0 Å². The van der Waals surface area contributed by atoms with E-state index in [2.05, 4.69) is 47.0 Å². The predicted octanol–water partition coefficient (Wildman–Crippen LogP) is 3.32. The van der Waals surface area contributed by atoms with Crippen molar-refractivity contribution in [2.75, 3.05) is 32.1 Å². The van der Waals surface area contributed by atoms with Gasteiger partial charge in [-0.3, -0.25) is 9.69 Å². The molecule has 0 saturated carbocycles. The largest absolute Gasteiger partial charge is 0.338 e. The van der Waals surface area contributed by atoms with Gasteiger partial charge in [-0.1, -0.05) is 23.5 Å². The molecule has 0 bridgehead atoms. The van der Waals surface area contributed by atoms with Crippen molar-refractivity contribution in [3.63, 3.8) is 0 Å². The number of likely N-dealkylation sites (N-methyl/N-ethyl adjacent to an activating group) is 1. The van der Waals surface area contributed by atoms with Gasteiger partial charge in [0.1, 0.15) is 0 Å². The van der Waals surface area contributed by atoms with Crippen molar-refractivity contribution in [3.05, 3.63) is 58.1 Å². The number of benzene rings is 2. The Labute approximate surface area is 165 Å². The molecule has 1 N–H and O–H groups in total. The molecule has 0 fully saturated rings. The number of aryl methyl sites for hydroxylation is 4. The van der Waals surface area contributed by atoms with Crippen LogP contribution in [0.3, 0.4) is 0 Å². The lowest BCUT2D eigenvalue weighted by atomic mass is 10.1. The van der Waals surface area contributed by atoms with E-state index in [4.69, 9.17) is 4.98 Å². The maximum Gasteiger partial charge on any atom is 0.260 e. The van der Waals surface area contributed by atoms with E-state index in [1.807, 2.05) is 30.0 Å². The van der Waals surface area contributed by atoms with E-state index in [1.165, 1.54) is 21.6 Å². The summed E-state index contributed by atoms with van der Waals surface area (Å²) in [7, 11) is 4.20. The zero-order chi connectivity index (χ0) is 19.7. The van der Waals surface area contributed by atoms with Crippen LogP contribution in [0.4, 0.5) is 5.13 Å². The summed E-state index contributed by atoms with van der Waals surface area (Å²) in [5.74, 6) is 0.0211. The fraction of sp³-hybridized carbons (Fsp3) is 0.364. The molecule has 0 aliphatic rings. The second-order valence-corrected chi connectivity index (χ2v) is 8.62. The number of nitrogens with zero attached hydrogens (tertiary/aromatic N) is 2. The molecule has 2 aromatic carbocycles. The fourth-order valence-electron chi connectivity index (χ4n) is 3.13. The Morgan fingerprint density at radius 2 is 1.78 bits per heavy atom. The Hall–Kier alpha value is -2.24. The van der Waals surface area contributed by atoms with Crippen molar-refractivity contribution in [1.29, 1.82) is 0 Å². The standard InChI is InChI=1S/C22H27N3OS/c1-14-11-17(4)20-19(12-14)23-22(27-20)25(10-9-24(5)6)21(26)18-8-7-15(2)16(3)13-18/h7-8,11-13H,9-10H2,1-6H3/p+1. The lowest BCUT2D eigenvalue weighted by Gasteiger charge is -2.21. The molecule has 0 aliphatic carbocycles. The predicted molar refractivity (Wildman–Crippen MR) is 114 cm³/mol. The molecule has 3 rings (SSSR count). The summed E-state index contributed by atoms with van der Waals surface area (Å²) >= 11 is 1.61. The monoisotopic (exact) mass is 382 g/mol. The highest BCUT2D eigenvalue weighted by Gasteiger charge is 2.23. The molecule has 142 valence electrons. The second-order valence-electron chi connectivity index (χ2n) is 7.64. The van der Waals surface area contributed by atoms with Gasteiger partial charge in [0.15, 0.2) is 5.13 Å². The first-order valence-electron chi connectivity index (χ1n) is 9.32. The molecule has 0 unspecified atom stereocenters. The van der Waals surface area contributed by atoms with Crippen molar-refractivity contribution in [1.82, 2.24) is 4.98 Å². The molecular weight excluding hydrogens is 354 g/mol. The minimum Gasteiger partial charge on any atom is -0.338 e. The zero-order valence-electron chi connectivity index (χ0n) is 17.0. The molecule has 0 aliphatic heterocycles. The van der Waals surface area contributed by atoms with Crippen molar-refractivity contribution in [2.24, 2.45) is 0 Å². The first kappa shape index (κ1) is 19.5. The first-order chi connectivity index (χ1) is 12.8. The summed E-state index contributed by atoms with van der Waals surface area (Å²) < 4.78 is 1.16. The Morgan fingerprint density at radius 1 is 1.04 bits per heavy atom. The Bertz CT molecular complexity index is 991. The van der Waals surface area contributed by atoms with Gasteiger partial charge in [-0.2, -0.15) is 0 Å². The van der Waals surface area contributed by atoms with E-state index in [9.17, 15) is 4.79 Å². The van der Waals surface area contributed by atoms with Gasteiger partial charge in [0.2, 0.25) is 0 Å². The average molecular weight is 383 g/mol. The number of fused-ring (bicyclic) bond motifs is 1. The normalized spacial score (nSPS) is 11.4. The van der Waals surface area contributed by atoms with Gasteiger partial charge < -0.3 is 4.90 Å². The maximum atomic E-state index is 13.3. The molecule has 1 heterocycles. The van der Waals surface area contributed by atoms with Crippen LogP contribution in [0.1, 0.15) is 32.6 Å². The van der Waals surface area contributed by atoms with Crippen LogP contribution in [0.5, 0.6) is 0 Å². The van der Waals surface area contributed by atoms with Crippen molar-refractivity contribution in [2.45, 2.75) is 27.7 Å². The third-order valence-corrected chi connectivity index (χ3v) is 6.10. The highest BCUT2D eigenvalue weighted by molar-refractivity contribution is 7.22. The zero-order valence-corrected chi connectivity index (χ0v) is 17.8. The summed E-state index contributed by atoms with van der Waals surface area (Å²) in [5, 5.41) is 0.781. The quantitative estimate of drug-likeness (QED) is 0.735. The topological polar surface area (TPSA) is 37.6 Å². The van der Waals surface area contributed by atoms with E-state index < -0.39 is 0 Å². The van der Waals surface area contributed by atoms with Crippen LogP contribution >= 0.6 is 11.3 Å². The van der Waals surface area contributed by atoms with Crippen LogP contribution in [0.25, 0.3) is 10.2 Å². The molecule has 0 spiro atoms. The lowest BCUT2D eigenvalue weighted by molar-refractivity contribution is -0.856. The molecule has 3 aromatic rings. The number of quaternary nitrogens is 1. The van der Waals surface area contributed by atoms with Crippen LogP contribution in [0.15, 0.2) is 30.3 Å². The highest BCUT2D eigenvalue weighted by Crippen LogP contribution is 2.32. The molecule has 0 atom stereocenters. The summed E-state index contributed by atoms with van der Waals surface area (Å²) in [6, 6.07) is 10.2. The molecule has 4 nitrogen and oxygen atoms in total. The van der Waals surface area contributed by atoms with Crippen molar-refractivity contribution < 1.29 is 9.69 Å². The number of anilines is 1. The van der Waals surface area contributed by atoms with Crippen LogP contribution in [0.2, 0.25) is 0 Å². The number of rotatable bonds is 5. The second kappa shape index (κ2) is 7.79. The van der Waals surface area contributed by atoms with Crippen LogP contribution in [-0.4, -0.2) is 38.1 Å². The first-order valence-corrected chi connectivity index (χ1v) is 10.1. The average Bonchev–Trinajstić information content (AvgIpc) is 3.01. The lowest BCUT2D eigenvalue weighted by Crippen LogP contribution is -3.06. The third-order valence-electron chi connectivity index (χ3n) is 4.87. The summed E-state index contributed by atoms with van der Waals surface area (Å²) in [6.07, 6.45) is 0. The number of carbonyl (C=O) groups excluding carboxylic acids is 1. The minimum absolute atomic E-state index is 0.0211. The molecular formula is C22H28N3OS+. The number of thiazole rings is 1. The molecule has 5 heteroatoms. The Balaban J connectivity index is 2.03. The van der Waals surface area contributed by atoms with E-state index in [0.717, 1.165) is 33.0 Å². The molecule has 27 heavy (non-hydrogen) atoms. The van der Waals surface area contributed by atoms with Crippen LogP contribution in [0, 0.1) is 27.7 Å². The number of hydrogen-bond acceptors (Lipinski definition) is 3. The van der Waals surface area contributed by atoms with E-state index >= 15 is 0 Å². The molecule has 1 aromatic heterocycles. The number of nitrogens with one attached hydrogen (secondary N) is 1. The SMILES string of the molecule is Cc1cc(C)c2sc(N(CC[NH+](C)C)C(=O)c3ccc(C)c(C)c3)nc2c1. The highest BCUT2D eigenvalue weighted by atomic mass is 32.1. The van der Waals surface area contributed by atoms with Crippen LogP contribution < -0.4 is 9.80 Å². The minimum atomic E-state index is 0.0211. The molecule has 0 radical (unpaired) electrons. The number of aromatic nitrogens is 1. The smallest absolute Gasteiger partial charge is 0.260 e. The summed E-state index contributed by atoms with van der Waals surface area (Å²) in [5.41, 5.74) is 6.44. The Morgan fingerprint density at radius 3 is 2.44 bits per heavy atom.